The molecule has 1 atom stereocenters. The molecule has 1 fully saturated rings. The smallest absolute Gasteiger partial charge is 0.209 e. The normalized spacial score (nSPS) is 16.4. The molecular weight excluding hydrogens is 386 g/mol. The molecule has 1 aliphatic rings. The van der Waals surface area contributed by atoms with Crippen LogP contribution in [0.25, 0.3) is 5.69 Å². The zero-order chi connectivity index (χ0) is 20.4. The Morgan fingerprint density at radius 2 is 2.03 bits per heavy atom. The van der Waals surface area contributed by atoms with Crippen LogP contribution in [-0.4, -0.2) is 49.0 Å². The van der Waals surface area contributed by atoms with Gasteiger partial charge < -0.3 is 9.30 Å². The molecule has 29 heavy (non-hydrogen) atoms. The minimum absolute atomic E-state index is 0.0770. The number of aromatic nitrogens is 5. The summed E-state index contributed by atoms with van der Waals surface area (Å²) in [5.74, 6) is 0.373. The van der Waals surface area contributed by atoms with Gasteiger partial charge in [0.2, 0.25) is 5.16 Å². The number of aryl methyl sites for hydroxylation is 2. The number of carbonyl (C=O) groups is 1. The van der Waals surface area contributed by atoms with E-state index >= 15 is 0 Å². The Labute approximate surface area is 174 Å². The molecule has 3 heterocycles. The first-order valence-corrected chi connectivity index (χ1v) is 10.8. The molecule has 1 saturated heterocycles. The summed E-state index contributed by atoms with van der Waals surface area (Å²) < 4.78 is 9.53. The Morgan fingerprint density at radius 3 is 2.76 bits per heavy atom. The molecule has 0 spiro atoms. The van der Waals surface area contributed by atoms with Gasteiger partial charge in [0, 0.05) is 29.2 Å². The van der Waals surface area contributed by atoms with Crippen LogP contribution in [0.1, 0.15) is 40.2 Å². The fourth-order valence-electron chi connectivity index (χ4n) is 3.74. The van der Waals surface area contributed by atoms with Crippen molar-refractivity contribution in [1.29, 1.82) is 0 Å². The fraction of sp³-hybridized carbons (Fsp3) is 0.429. The van der Waals surface area contributed by atoms with E-state index in [1.165, 1.54) is 17.3 Å². The van der Waals surface area contributed by atoms with E-state index in [2.05, 4.69) is 51.3 Å². The molecule has 152 valence electrons. The maximum Gasteiger partial charge on any atom is 0.209 e. The number of hydrogen-bond donors (Lipinski definition) is 0. The third kappa shape index (κ3) is 4.28. The van der Waals surface area contributed by atoms with E-state index in [9.17, 15) is 4.79 Å². The van der Waals surface area contributed by atoms with Crippen molar-refractivity contribution in [3.8, 4) is 5.69 Å². The molecule has 0 aliphatic carbocycles. The Balaban J connectivity index is 1.46. The van der Waals surface area contributed by atoms with Crippen LogP contribution in [0.2, 0.25) is 0 Å². The summed E-state index contributed by atoms with van der Waals surface area (Å²) in [6.45, 7) is 7.51. The van der Waals surface area contributed by atoms with Crippen molar-refractivity contribution < 1.29 is 9.53 Å². The minimum atomic E-state index is 0.0770. The highest BCUT2D eigenvalue weighted by molar-refractivity contribution is 7.99. The minimum Gasteiger partial charge on any atom is -0.376 e. The summed E-state index contributed by atoms with van der Waals surface area (Å²) in [5, 5.41) is 12.6. The molecule has 0 bridgehead atoms. The second-order valence-electron chi connectivity index (χ2n) is 7.45. The molecule has 1 aromatic carbocycles. The summed E-state index contributed by atoms with van der Waals surface area (Å²) in [7, 11) is 0. The van der Waals surface area contributed by atoms with Crippen molar-refractivity contribution in [2.45, 2.75) is 51.4 Å². The lowest BCUT2D eigenvalue weighted by Gasteiger charge is -2.10. The third-order valence-electron chi connectivity index (χ3n) is 5.26. The number of carbonyl (C=O) groups excluding carboxylic acids is 1. The van der Waals surface area contributed by atoms with Crippen LogP contribution in [0.15, 0.2) is 35.5 Å². The summed E-state index contributed by atoms with van der Waals surface area (Å²) >= 11 is 1.37. The summed E-state index contributed by atoms with van der Waals surface area (Å²) in [6, 6.07) is 10.3. The average molecular weight is 412 g/mol. The third-order valence-corrected chi connectivity index (χ3v) is 6.21. The Morgan fingerprint density at radius 1 is 1.24 bits per heavy atom. The van der Waals surface area contributed by atoms with Gasteiger partial charge >= 0.3 is 0 Å². The lowest BCUT2D eigenvalue weighted by Crippen LogP contribution is -2.17. The molecule has 8 heteroatoms. The number of hydrogen-bond acceptors (Lipinski definition) is 6. The van der Waals surface area contributed by atoms with Crippen LogP contribution in [0, 0.1) is 20.8 Å². The Bertz CT molecular complexity index is 1000. The van der Waals surface area contributed by atoms with Gasteiger partial charge in [0.25, 0.3) is 0 Å². The van der Waals surface area contributed by atoms with Gasteiger partial charge in [-0.3, -0.25) is 4.79 Å². The van der Waals surface area contributed by atoms with Crippen LogP contribution in [-0.2, 0) is 11.3 Å². The summed E-state index contributed by atoms with van der Waals surface area (Å²) in [4.78, 5) is 12.9. The highest BCUT2D eigenvalue weighted by Gasteiger charge is 2.21. The second kappa shape index (κ2) is 8.51. The summed E-state index contributed by atoms with van der Waals surface area (Å²) in [5.41, 5.74) is 5.02. The van der Waals surface area contributed by atoms with E-state index in [1.807, 2.05) is 19.9 Å². The SMILES string of the molecule is Cc1ccc(-n2c(C)cc(C(=O)CSc3nnnn3CC3CCCO3)c2C)cc1. The lowest BCUT2D eigenvalue weighted by molar-refractivity contribution is 0.0912. The van der Waals surface area contributed by atoms with Crippen molar-refractivity contribution in [2.75, 3.05) is 12.4 Å². The molecule has 0 saturated carbocycles. The number of Topliss-reactive ketones (excluding diaryl/α,β-unsaturated/α-hetero) is 1. The average Bonchev–Trinajstić information content (AvgIpc) is 3.43. The van der Waals surface area contributed by atoms with Gasteiger partial charge in [-0.15, -0.1) is 5.10 Å². The van der Waals surface area contributed by atoms with Gasteiger partial charge in [-0.2, -0.15) is 0 Å². The number of ether oxygens (including phenoxy) is 1. The molecule has 1 aliphatic heterocycles. The van der Waals surface area contributed by atoms with Crippen molar-refractivity contribution in [3.63, 3.8) is 0 Å². The molecule has 0 N–H and O–H groups in total. The molecule has 3 aromatic rings. The number of thioether (sulfide) groups is 1. The molecule has 7 nitrogen and oxygen atoms in total. The number of benzene rings is 1. The number of ketones is 1. The summed E-state index contributed by atoms with van der Waals surface area (Å²) in [6.07, 6.45) is 2.25. The molecule has 1 unspecified atom stereocenters. The van der Waals surface area contributed by atoms with E-state index in [-0.39, 0.29) is 11.9 Å². The molecule has 4 rings (SSSR count). The van der Waals surface area contributed by atoms with Crippen LogP contribution in [0.5, 0.6) is 0 Å². The maximum absolute atomic E-state index is 12.9. The van der Waals surface area contributed by atoms with E-state index in [0.717, 1.165) is 42.1 Å². The molecule has 0 radical (unpaired) electrons. The lowest BCUT2D eigenvalue weighted by atomic mass is 10.2. The van der Waals surface area contributed by atoms with Crippen LogP contribution in [0.3, 0.4) is 0 Å². The van der Waals surface area contributed by atoms with Gasteiger partial charge in [-0.05, 0) is 62.2 Å². The number of rotatable bonds is 7. The predicted molar refractivity (Wildman–Crippen MR) is 112 cm³/mol. The number of nitrogens with zero attached hydrogens (tertiary/aromatic N) is 5. The monoisotopic (exact) mass is 411 g/mol. The van der Waals surface area contributed by atoms with Crippen molar-refractivity contribution >= 4 is 17.5 Å². The van der Waals surface area contributed by atoms with Crippen molar-refractivity contribution in [1.82, 2.24) is 24.8 Å². The molecule has 0 amide bonds. The molecular formula is C21H25N5O2S. The highest BCUT2D eigenvalue weighted by Crippen LogP contribution is 2.24. The van der Waals surface area contributed by atoms with Crippen LogP contribution < -0.4 is 0 Å². The Hall–Kier alpha value is -2.45. The van der Waals surface area contributed by atoms with Gasteiger partial charge in [-0.1, -0.05) is 29.5 Å². The zero-order valence-electron chi connectivity index (χ0n) is 17.0. The molecule has 2 aromatic heterocycles. The van der Waals surface area contributed by atoms with Crippen LogP contribution >= 0.6 is 11.8 Å². The van der Waals surface area contributed by atoms with E-state index in [0.29, 0.717) is 17.5 Å². The fourth-order valence-corrected chi connectivity index (χ4v) is 4.51. The van der Waals surface area contributed by atoms with Crippen molar-refractivity contribution in [3.05, 3.63) is 52.8 Å². The van der Waals surface area contributed by atoms with E-state index < -0.39 is 0 Å². The second-order valence-corrected chi connectivity index (χ2v) is 8.39. The van der Waals surface area contributed by atoms with E-state index in [4.69, 9.17) is 4.74 Å². The van der Waals surface area contributed by atoms with Gasteiger partial charge in [0.1, 0.15) is 0 Å². The number of tetrazole rings is 1. The van der Waals surface area contributed by atoms with Crippen molar-refractivity contribution in [2.24, 2.45) is 0 Å². The van der Waals surface area contributed by atoms with Gasteiger partial charge in [-0.25, -0.2) is 4.68 Å². The first-order valence-electron chi connectivity index (χ1n) is 9.82. The van der Waals surface area contributed by atoms with Gasteiger partial charge in [0.15, 0.2) is 5.78 Å². The largest absolute Gasteiger partial charge is 0.376 e. The van der Waals surface area contributed by atoms with Crippen LogP contribution in [0.4, 0.5) is 0 Å². The quantitative estimate of drug-likeness (QED) is 0.437. The van der Waals surface area contributed by atoms with Gasteiger partial charge in [0.05, 0.1) is 18.4 Å². The standard InChI is InChI=1S/C21H25N5O2S/c1-14-6-8-17(9-7-14)26-15(2)11-19(16(26)3)20(27)13-29-21-22-23-24-25(21)12-18-5-4-10-28-18/h6-9,11,18H,4-5,10,12-13H2,1-3H3. The first-order chi connectivity index (χ1) is 14.0. The Kier molecular flexibility index (Phi) is 5.82. The maximum atomic E-state index is 12.9. The zero-order valence-corrected chi connectivity index (χ0v) is 17.8. The topological polar surface area (TPSA) is 74.8 Å². The first kappa shape index (κ1) is 19.8. The highest BCUT2D eigenvalue weighted by atomic mass is 32.2. The predicted octanol–water partition coefficient (Wildman–Crippen LogP) is 3.54. The van der Waals surface area contributed by atoms with E-state index in [1.54, 1.807) is 4.68 Å².